The van der Waals surface area contributed by atoms with Crippen molar-refractivity contribution in [2.45, 2.75) is 53.5 Å². The number of amides is 1. The lowest BCUT2D eigenvalue weighted by Gasteiger charge is -2.17. The predicted molar refractivity (Wildman–Crippen MR) is 149 cm³/mol. The average molecular weight is 536 g/mol. The van der Waals surface area contributed by atoms with E-state index in [-0.39, 0.29) is 44.9 Å². The number of ketones is 1. The number of nitrogens with zero attached hydrogens (tertiary/aromatic N) is 3. The van der Waals surface area contributed by atoms with Crippen LogP contribution in [0, 0.1) is 31.4 Å². The molecule has 0 saturated heterocycles. The number of carbonyl (C=O) groups excluding carboxylic acids is 2. The van der Waals surface area contributed by atoms with Crippen LogP contribution in [0.3, 0.4) is 0 Å². The Hall–Kier alpha value is -4.14. The number of halogens is 2. The first-order chi connectivity index (χ1) is 18.1. The highest BCUT2D eigenvalue weighted by atomic mass is 19.2. The molecule has 0 aliphatic rings. The number of aromatic nitrogens is 3. The summed E-state index contributed by atoms with van der Waals surface area (Å²) in [5.41, 5.74) is 10.1. The summed E-state index contributed by atoms with van der Waals surface area (Å²) in [7, 11) is 1.86. The third-order valence-corrected chi connectivity index (χ3v) is 6.95. The second kappa shape index (κ2) is 12.6. The van der Waals surface area contributed by atoms with E-state index in [1.807, 2.05) is 45.2 Å². The van der Waals surface area contributed by atoms with Crippen molar-refractivity contribution in [2.75, 3.05) is 5.73 Å². The van der Waals surface area contributed by atoms with Crippen LogP contribution in [-0.4, -0.2) is 26.5 Å². The van der Waals surface area contributed by atoms with Crippen LogP contribution < -0.4 is 11.1 Å². The first-order valence-electron chi connectivity index (χ1n) is 12.5. The average Bonchev–Trinajstić information content (AvgIpc) is 3.13. The van der Waals surface area contributed by atoms with Gasteiger partial charge in [-0.2, -0.15) is 5.10 Å². The number of nitrogen functional groups attached to an aromatic ring is 1. The third-order valence-electron chi connectivity index (χ3n) is 6.95. The Balaban J connectivity index is 0.00000420. The molecule has 206 valence electrons. The molecule has 0 bridgehead atoms. The normalized spacial score (nSPS) is 11.7. The molecule has 39 heavy (non-hydrogen) atoms. The highest BCUT2D eigenvalue weighted by molar-refractivity contribution is 5.91. The number of carbonyl (C=O) groups is 2. The zero-order valence-corrected chi connectivity index (χ0v) is 21.7. The number of nitrogens with one attached hydrogen (secondary N) is 1. The summed E-state index contributed by atoms with van der Waals surface area (Å²) in [5, 5.41) is 9.02. The maximum Gasteiger partial charge on any atom is 0.224 e. The van der Waals surface area contributed by atoms with Crippen LogP contribution in [0.15, 0.2) is 48.7 Å². The second-order valence-corrected chi connectivity index (χ2v) is 9.63. The molecule has 2 aromatic heterocycles. The van der Waals surface area contributed by atoms with E-state index in [4.69, 9.17) is 5.73 Å². The lowest BCUT2D eigenvalue weighted by Crippen LogP contribution is -2.33. The molecule has 3 N–H and O–H groups in total. The van der Waals surface area contributed by atoms with Crippen LogP contribution in [-0.2, 0) is 36.0 Å². The number of fused-ring (bicyclic) bond motifs is 1. The van der Waals surface area contributed by atoms with E-state index in [9.17, 15) is 18.4 Å². The van der Waals surface area contributed by atoms with Crippen molar-refractivity contribution in [3.8, 4) is 0 Å². The molecular weight excluding hydrogens is 500 g/mol. The van der Waals surface area contributed by atoms with E-state index >= 15 is 0 Å². The molecule has 0 unspecified atom stereocenters. The molecule has 0 radical (unpaired) electrons. The van der Waals surface area contributed by atoms with E-state index in [1.54, 1.807) is 10.9 Å². The number of benzene rings is 2. The lowest BCUT2D eigenvalue weighted by atomic mass is 9.91. The number of aryl methyl sites for hydroxylation is 2. The van der Waals surface area contributed by atoms with E-state index in [0.29, 0.717) is 17.8 Å². The van der Waals surface area contributed by atoms with Crippen molar-refractivity contribution in [3.05, 3.63) is 88.4 Å². The Kier molecular flexibility index (Phi) is 9.51. The molecule has 2 heterocycles. The second-order valence-electron chi connectivity index (χ2n) is 9.63. The minimum Gasteiger partial charge on any atom is -0.383 e. The fourth-order valence-corrected chi connectivity index (χ4v) is 4.72. The summed E-state index contributed by atoms with van der Waals surface area (Å²) in [6, 6.07) is 11.0. The third kappa shape index (κ3) is 7.04. The summed E-state index contributed by atoms with van der Waals surface area (Å²) in [4.78, 5) is 30.3. The zero-order chi connectivity index (χ0) is 27.4. The maximum atomic E-state index is 13.8. The van der Waals surface area contributed by atoms with E-state index in [2.05, 4.69) is 15.4 Å². The number of hydrogen-bond donors (Lipinski definition) is 2. The standard InChI is InChI=1S/C29H31F2N5O2.CH4/c1-17-24(18(2)36(3)35-17)8-6-23(37)15-22(12-19-5-9-26(30)27(31)14-19)29(38)34-16-20-4-7-25-21(13-20)10-11-33-28(25)32;/h4-5,7,9-11,13-14,22H,6,8,12,15-16H2,1-3H3,(H2,32,33)(H,34,38);1H4/t22-;/m1./s1. The molecule has 0 fully saturated rings. The molecule has 0 aliphatic heterocycles. The molecular formula is C30H35F2N5O2. The minimum atomic E-state index is -0.986. The summed E-state index contributed by atoms with van der Waals surface area (Å²) in [6.45, 7) is 4.11. The fraction of sp³-hybridized carbons (Fsp3) is 0.333. The van der Waals surface area contributed by atoms with Crippen LogP contribution >= 0.6 is 0 Å². The van der Waals surface area contributed by atoms with Crippen LogP contribution in [0.25, 0.3) is 10.8 Å². The zero-order valence-electron chi connectivity index (χ0n) is 21.7. The van der Waals surface area contributed by atoms with Gasteiger partial charge >= 0.3 is 0 Å². The van der Waals surface area contributed by atoms with Gasteiger partial charge in [-0.15, -0.1) is 0 Å². The number of nitrogens with two attached hydrogens (primary N) is 1. The van der Waals surface area contributed by atoms with Crippen LogP contribution in [0.4, 0.5) is 14.6 Å². The fourth-order valence-electron chi connectivity index (χ4n) is 4.72. The summed E-state index contributed by atoms with van der Waals surface area (Å²) in [6.07, 6.45) is 2.51. The highest BCUT2D eigenvalue weighted by Crippen LogP contribution is 2.22. The summed E-state index contributed by atoms with van der Waals surface area (Å²) in [5.74, 6) is -2.65. The van der Waals surface area contributed by atoms with Crippen molar-refractivity contribution >= 4 is 28.3 Å². The Bertz CT molecular complexity index is 1500. The van der Waals surface area contributed by atoms with Gasteiger partial charge in [-0.3, -0.25) is 14.3 Å². The van der Waals surface area contributed by atoms with E-state index in [0.717, 1.165) is 45.4 Å². The van der Waals surface area contributed by atoms with Gasteiger partial charge in [0, 0.05) is 49.6 Å². The molecule has 0 spiro atoms. The van der Waals surface area contributed by atoms with E-state index < -0.39 is 17.6 Å². The number of Topliss-reactive ketones (excluding diaryl/α,β-unsaturated/α-hetero) is 1. The first-order valence-corrected chi connectivity index (χ1v) is 12.5. The van der Waals surface area contributed by atoms with Gasteiger partial charge in [0.1, 0.15) is 11.6 Å². The quantitative estimate of drug-likeness (QED) is 0.292. The number of rotatable bonds is 10. The first kappa shape index (κ1) is 29.4. The number of hydrogen-bond acceptors (Lipinski definition) is 5. The molecule has 4 aromatic rings. The van der Waals surface area contributed by atoms with Gasteiger partial charge in [0.05, 0.1) is 5.69 Å². The number of anilines is 1. The van der Waals surface area contributed by atoms with Crippen LogP contribution in [0.2, 0.25) is 0 Å². The van der Waals surface area contributed by atoms with Gasteiger partial charge in [-0.25, -0.2) is 13.8 Å². The molecule has 9 heteroatoms. The number of pyridine rings is 1. The Morgan fingerprint density at radius 2 is 1.79 bits per heavy atom. The van der Waals surface area contributed by atoms with Crippen molar-refractivity contribution in [1.82, 2.24) is 20.1 Å². The highest BCUT2D eigenvalue weighted by Gasteiger charge is 2.23. The largest absolute Gasteiger partial charge is 0.383 e. The van der Waals surface area contributed by atoms with Crippen molar-refractivity contribution in [2.24, 2.45) is 13.0 Å². The molecule has 1 atom stereocenters. The topological polar surface area (TPSA) is 103 Å². The monoisotopic (exact) mass is 535 g/mol. The SMILES string of the molecule is C.Cc1nn(C)c(C)c1CCC(=O)C[C@@H](Cc1ccc(F)c(F)c1)C(=O)NCc1ccc2c(N)nccc2c1. The molecule has 0 aliphatic carbocycles. The Morgan fingerprint density at radius 1 is 1.05 bits per heavy atom. The molecule has 2 aromatic carbocycles. The van der Waals surface area contributed by atoms with Crippen LogP contribution in [0.1, 0.15) is 48.3 Å². The molecule has 4 rings (SSSR count). The Morgan fingerprint density at radius 3 is 2.49 bits per heavy atom. The maximum absolute atomic E-state index is 13.8. The van der Waals surface area contributed by atoms with Gasteiger partial charge in [-0.1, -0.05) is 25.6 Å². The smallest absolute Gasteiger partial charge is 0.224 e. The van der Waals surface area contributed by atoms with Gasteiger partial charge in [0.15, 0.2) is 11.6 Å². The summed E-state index contributed by atoms with van der Waals surface area (Å²) >= 11 is 0. The predicted octanol–water partition coefficient (Wildman–Crippen LogP) is 5.15. The summed E-state index contributed by atoms with van der Waals surface area (Å²) < 4.78 is 29.1. The van der Waals surface area contributed by atoms with Gasteiger partial charge < -0.3 is 11.1 Å². The van der Waals surface area contributed by atoms with Crippen molar-refractivity contribution in [1.29, 1.82) is 0 Å². The lowest BCUT2D eigenvalue weighted by molar-refractivity contribution is -0.129. The molecule has 7 nitrogen and oxygen atoms in total. The Labute approximate surface area is 227 Å². The van der Waals surface area contributed by atoms with E-state index in [1.165, 1.54) is 6.07 Å². The van der Waals surface area contributed by atoms with Gasteiger partial charge in [-0.05, 0) is 73.0 Å². The van der Waals surface area contributed by atoms with Gasteiger partial charge in [0.2, 0.25) is 5.91 Å². The van der Waals surface area contributed by atoms with Gasteiger partial charge in [0.25, 0.3) is 0 Å². The molecule has 0 saturated carbocycles. The minimum absolute atomic E-state index is 0. The van der Waals surface area contributed by atoms with Crippen molar-refractivity contribution in [3.63, 3.8) is 0 Å². The molecule has 1 amide bonds. The van der Waals surface area contributed by atoms with Crippen LogP contribution in [0.5, 0.6) is 0 Å². The van der Waals surface area contributed by atoms with Crippen molar-refractivity contribution < 1.29 is 18.4 Å².